The Bertz CT molecular complexity index is 989. The number of unbranched alkanes of at least 4 members (excludes halogenated alkanes) is 5. The summed E-state index contributed by atoms with van der Waals surface area (Å²) < 4.78 is 0. The first-order chi connectivity index (χ1) is 25.4. The zero-order valence-electron chi connectivity index (χ0n) is 35.7. The fraction of sp³-hybridized carbons (Fsp3) is 0.886. The van der Waals surface area contributed by atoms with Crippen LogP contribution < -0.4 is 21.3 Å². The van der Waals surface area contributed by atoms with Gasteiger partial charge in [-0.15, -0.1) is 0 Å². The maximum atomic E-state index is 13.7. The van der Waals surface area contributed by atoms with Crippen LogP contribution in [0, 0.1) is 23.7 Å². The highest BCUT2D eigenvalue weighted by atomic mass is 16.2. The lowest BCUT2D eigenvalue weighted by atomic mass is 9.93. The molecule has 0 radical (unpaired) electrons. The Hall–Kier alpha value is -2.45. The summed E-state index contributed by atoms with van der Waals surface area (Å²) in [6.07, 6.45) is 19.6. The average molecular weight is 749 g/mol. The Balaban J connectivity index is 5.13. The lowest BCUT2D eigenvalue weighted by molar-refractivity contribution is -0.132. The standard InChI is InChI=1S/C44H84N4O5/c1-9-23-36(7)26-15-17-30-41(50)45-32-21-19-27-38(43(52)37(8)12-4)48-44(53)39(47-42(51)31-18-14-25-35(6)11-3)28-20-22-33-46-40(49)29-16-13-24-34(5)10-2/h34-39H,9-33H2,1-8H3,(H,45,50)(H,46,49)(H,47,51)(H,48,53). The van der Waals surface area contributed by atoms with Crippen molar-refractivity contribution in [3.8, 4) is 0 Å². The average Bonchev–Trinajstić information content (AvgIpc) is 3.14. The second kappa shape index (κ2) is 32.9. The zero-order valence-corrected chi connectivity index (χ0v) is 35.7. The van der Waals surface area contributed by atoms with E-state index in [1.807, 2.05) is 13.8 Å². The van der Waals surface area contributed by atoms with Crippen LogP contribution in [0.25, 0.3) is 0 Å². The van der Waals surface area contributed by atoms with E-state index in [2.05, 4.69) is 62.8 Å². The normalized spacial score (nSPS) is 14.7. The highest BCUT2D eigenvalue weighted by Crippen LogP contribution is 2.16. The first-order valence-electron chi connectivity index (χ1n) is 22.0. The molecule has 310 valence electrons. The highest BCUT2D eigenvalue weighted by molar-refractivity contribution is 5.93. The van der Waals surface area contributed by atoms with Gasteiger partial charge < -0.3 is 21.3 Å². The van der Waals surface area contributed by atoms with Crippen molar-refractivity contribution in [1.29, 1.82) is 0 Å². The topological polar surface area (TPSA) is 133 Å². The first kappa shape index (κ1) is 50.5. The van der Waals surface area contributed by atoms with Gasteiger partial charge in [-0.2, -0.15) is 0 Å². The molecule has 6 atom stereocenters. The number of carbonyl (C=O) groups excluding carboxylic acids is 5. The van der Waals surface area contributed by atoms with Crippen LogP contribution in [0.4, 0.5) is 0 Å². The lowest BCUT2D eigenvalue weighted by Gasteiger charge is -2.25. The second-order valence-corrected chi connectivity index (χ2v) is 16.2. The van der Waals surface area contributed by atoms with Crippen LogP contribution in [0.15, 0.2) is 0 Å². The molecule has 53 heavy (non-hydrogen) atoms. The SMILES string of the molecule is CCCC(C)CCCCC(=O)NCCCCC(NC(=O)C(CCCCNC(=O)CCCCC(C)CC)NC(=O)CCCCC(C)CC)C(=O)C(C)CC. The summed E-state index contributed by atoms with van der Waals surface area (Å²) >= 11 is 0. The van der Waals surface area contributed by atoms with Crippen molar-refractivity contribution in [2.24, 2.45) is 23.7 Å². The van der Waals surface area contributed by atoms with Crippen LogP contribution >= 0.6 is 0 Å². The van der Waals surface area contributed by atoms with E-state index in [9.17, 15) is 24.0 Å². The van der Waals surface area contributed by atoms with E-state index < -0.39 is 12.1 Å². The van der Waals surface area contributed by atoms with Crippen molar-refractivity contribution in [1.82, 2.24) is 21.3 Å². The molecule has 9 nitrogen and oxygen atoms in total. The molecule has 0 rings (SSSR count). The summed E-state index contributed by atoms with van der Waals surface area (Å²) in [5, 5.41) is 12.0. The van der Waals surface area contributed by atoms with E-state index in [1.54, 1.807) is 0 Å². The lowest BCUT2D eigenvalue weighted by Crippen LogP contribution is -2.52. The van der Waals surface area contributed by atoms with E-state index in [0.29, 0.717) is 88.6 Å². The van der Waals surface area contributed by atoms with Gasteiger partial charge in [-0.25, -0.2) is 0 Å². The predicted octanol–water partition coefficient (Wildman–Crippen LogP) is 9.35. The van der Waals surface area contributed by atoms with E-state index in [-0.39, 0.29) is 35.3 Å². The van der Waals surface area contributed by atoms with Gasteiger partial charge in [0.15, 0.2) is 5.78 Å². The molecule has 0 aromatic carbocycles. The van der Waals surface area contributed by atoms with Crippen molar-refractivity contribution < 1.29 is 24.0 Å². The number of carbonyl (C=O) groups is 5. The molecule has 0 spiro atoms. The molecule has 0 aromatic rings. The van der Waals surface area contributed by atoms with Gasteiger partial charge in [-0.3, -0.25) is 24.0 Å². The van der Waals surface area contributed by atoms with E-state index >= 15 is 0 Å². The number of hydrogen-bond acceptors (Lipinski definition) is 5. The Labute approximate surface area is 325 Å². The minimum absolute atomic E-state index is 0.00386. The molecule has 4 N–H and O–H groups in total. The van der Waals surface area contributed by atoms with E-state index in [4.69, 9.17) is 0 Å². The number of hydrogen-bond donors (Lipinski definition) is 4. The molecular formula is C44H84N4O5. The van der Waals surface area contributed by atoms with Crippen LogP contribution in [0.2, 0.25) is 0 Å². The largest absolute Gasteiger partial charge is 0.356 e. The van der Waals surface area contributed by atoms with Crippen molar-refractivity contribution in [3.63, 3.8) is 0 Å². The highest BCUT2D eigenvalue weighted by Gasteiger charge is 2.28. The number of amides is 4. The minimum Gasteiger partial charge on any atom is -0.356 e. The third-order valence-corrected chi connectivity index (χ3v) is 11.1. The van der Waals surface area contributed by atoms with Gasteiger partial charge in [0.1, 0.15) is 6.04 Å². The molecule has 0 aliphatic heterocycles. The molecule has 0 fully saturated rings. The van der Waals surface area contributed by atoms with Crippen LogP contribution in [0.5, 0.6) is 0 Å². The molecule has 0 bridgehead atoms. The Morgan fingerprint density at radius 2 is 0.868 bits per heavy atom. The van der Waals surface area contributed by atoms with E-state index in [0.717, 1.165) is 64.2 Å². The molecule has 4 amide bonds. The monoisotopic (exact) mass is 749 g/mol. The van der Waals surface area contributed by atoms with Gasteiger partial charge in [0.05, 0.1) is 6.04 Å². The van der Waals surface area contributed by atoms with Crippen molar-refractivity contribution in [3.05, 3.63) is 0 Å². The van der Waals surface area contributed by atoms with Crippen molar-refractivity contribution >= 4 is 29.4 Å². The summed E-state index contributed by atoms with van der Waals surface area (Å²) in [5.74, 6) is 1.51. The summed E-state index contributed by atoms with van der Waals surface area (Å²) in [6.45, 7) is 18.3. The molecule has 0 aromatic heterocycles. The third kappa shape index (κ3) is 27.7. The molecule has 0 saturated heterocycles. The van der Waals surface area contributed by atoms with Gasteiger partial charge in [-0.05, 0) is 82.0 Å². The first-order valence-corrected chi connectivity index (χ1v) is 22.0. The molecule has 0 aliphatic rings. The Morgan fingerprint density at radius 1 is 0.434 bits per heavy atom. The Kier molecular flexibility index (Phi) is 31.4. The quantitative estimate of drug-likeness (QED) is 0.0480. The minimum atomic E-state index is -0.746. The predicted molar refractivity (Wildman–Crippen MR) is 220 cm³/mol. The third-order valence-electron chi connectivity index (χ3n) is 11.1. The van der Waals surface area contributed by atoms with Crippen LogP contribution in [-0.2, 0) is 24.0 Å². The van der Waals surface area contributed by atoms with Crippen LogP contribution in [-0.4, -0.2) is 54.6 Å². The van der Waals surface area contributed by atoms with Crippen molar-refractivity contribution in [2.45, 2.75) is 215 Å². The summed E-state index contributed by atoms with van der Waals surface area (Å²) in [6, 6.07) is -1.39. The molecular weight excluding hydrogens is 665 g/mol. The van der Waals surface area contributed by atoms with Gasteiger partial charge in [0.25, 0.3) is 0 Å². The van der Waals surface area contributed by atoms with Crippen molar-refractivity contribution in [2.75, 3.05) is 13.1 Å². The van der Waals surface area contributed by atoms with E-state index in [1.165, 1.54) is 25.7 Å². The fourth-order valence-electron chi connectivity index (χ4n) is 6.60. The number of ketones is 1. The summed E-state index contributed by atoms with van der Waals surface area (Å²) in [4.78, 5) is 64.8. The van der Waals surface area contributed by atoms with Gasteiger partial charge in [-0.1, -0.05) is 120 Å². The molecule has 0 heterocycles. The molecule has 9 heteroatoms. The second-order valence-electron chi connectivity index (χ2n) is 16.2. The zero-order chi connectivity index (χ0) is 39.9. The summed E-state index contributed by atoms with van der Waals surface area (Å²) in [7, 11) is 0. The summed E-state index contributed by atoms with van der Waals surface area (Å²) in [5.41, 5.74) is 0. The number of nitrogens with one attached hydrogen (secondary N) is 4. The molecule has 0 saturated carbocycles. The molecule has 0 aliphatic carbocycles. The maximum absolute atomic E-state index is 13.7. The fourth-order valence-corrected chi connectivity index (χ4v) is 6.60. The van der Waals surface area contributed by atoms with Gasteiger partial charge in [0, 0.05) is 38.3 Å². The smallest absolute Gasteiger partial charge is 0.243 e. The van der Waals surface area contributed by atoms with Gasteiger partial charge in [0.2, 0.25) is 23.6 Å². The van der Waals surface area contributed by atoms with Crippen LogP contribution in [0.3, 0.4) is 0 Å². The van der Waals surface area contributed by atoms with Gasteiger partial charge >= 0.3 is 0 Å². The molecule has 6 unspecified atom stereocenters. The van der Waals surface area contributed by atoms with Crippen LogP contribution in [0.1, 0.15) is 203 Å². The Morgan fingerprint density at radius 3 is 1.32 bits per heavy atom. The maximum Gasteiger partial charge on any atom is 0.243 e. The number of rotatable bonds is 35. The number of Topliss-reactive ketones (excluding diaryl/α,β-unsaturated/α-hetero) is 1.